The predicted octanol–water partition coefficient (Wildman–Crippen LogP) is 1.42. The summed E-state index contributed by atoms with van der Waals surface area (Å²) in [6.45, 7) is 5.06. The van der Waals surface area contributed by atoms with Crippen LogP contribution in [-0.4, -0.2) is 58.8 Å². The van der Waals surface area contributed by atoms with Gasteiger partial charge in [0, 0.05) is 31.8 Å². The number of guanidine groups is 1. The minimum absolute atomic E-state index is 0.126. The molecule has 1 saturated carbocycles. The number of likely N-dealkylation sites (tertiary alicyclic amines) is 1. The molecule has 3 rings (SSSR count). The standard InChI is InChI=1S/C17H26N4O2/c1-2-18-16(20-13-17(22)8-5-9-17)21-11-7-14(12-21)23-15-6-3-4-10-19-15/h3-4,6,10,14,22H,2,5,7-9,11-13H2,1H3,(H,18,20). The summed E-state index contributed by atoms with van der Waals surface area (Å²) in [5, 5.41) is 13.6. The minimum Gasteiger partial charge on any atom is -0.472 e. The molecule has 2 aliphatic rings. The smallest absolute Gasteiger partial charge is 0.213 e. The lowest BCUT2D eigenvalue weighted by Crippen LogP contribution is -2.44. The molecular formula is C17H26N4O2. The number of rotatable bonds is 5. The fraction of sp³-hybridized carbons (Fsp3) is 0.647. The number of ether oxygens (including phenoxy) is 1. The van der Waals surface area contributed by atoms with Crippen LogP contribution in [0.3, 0.4) is 0 Å². The van der Waals surface area contributed by atoms with Crippen molar-refractivity contribution in [2.75, 3.05) is 26.2 Å². The molecule has 1 atom stereocenters. The molecule has 0 radical (unpaired) electrons. The van der Waals surface area contributed by atoms with Gasteiger partial charge in [-0.1, -0.05) is 6.07 Å². The van der Waals surface area contributed by atoms with E-state index in [1.165, 1.54) is 0 Å². The number of aromatic nitrogens is 1. The summed E-state index contributed by atoms with van der Waals surface area (Å²) >= 11 is 0. The number of nitrogens with one attached hydrogen (secondary N) is 1. The predicted molar refractivity (Wildman–Crippen MR) is 89.6 cm³/mol. The Labute approximate surface area is 137 Å². The van der Waals surface area contributed by atoms with Crippen LogP contribution in [-0.2, 0) is 0 Å². The Balaban J connectivity index is 1.57. The molecule has 0 bridgehead atoms. The van der Waals surface area contributed by atoms with Gasteiger partial charge in [0.15, 0.2) is 5.96 Å². The second-order valence-electron chi connectivity index (χ2n) is 6.39. The molecule has 0 amide bonds. The van der Waals surface area contributed by atoms with Crippen LogP contribution in [0.1, 0.15) is 32.6 Å². The van der Waals surface area contributed by atoms with E-state index < -0.39 is 5.60 Å². The number of aliphatic imine (C=N–C) groups is 1. The molecule has 6 heteroatoms. The van der Waals surface area contributed by atoms with E-state index >= 15 is 0 Å². The van der Waals surface area contributed by atoms with Gasteiger partial charge in [-0.3, -0.25) is 4.99 Å². The third kappa shape index (κ3) is 4.13. The molecule has 126 valence electrons. The number of aliphatic hydroxyl groups is 1. The second-order valence-corrected chi connectivity index (χ2v) is 6.39. The SMILES string of the molecule is CCNC(=NCC1(O)CCC1)N1CCC(Oc2ccccn2)C1. The summed E-state index contributed by atoms with van der Waals surface area (Å²) in [7, 11) is 0. The fourth-order valence-electron chi connectivity index (χ4n) is 3.00. The molecule has 2 N–H and O–H groups in total. The van der Waals surface area contributed by atoms with Crippen LogP contribution in [0.4, 0.5) is 0 Å². The van der Waals surface area contributed by atoms with E-state index in [2.05, 4.69) is 27.1 Å². The van der Waals surface area contributed by atoms with Crippen LogP contribution >= 0.6 is 0 Å². The zero-order chi connectivity index (χ0) is 16.1. The highest BCUT2D eigenvalue weighted by Gasteiger charge is 2.34. The zero-order valence-electron chi connectivity index (χ0n) is 13.7. The fourth-order valence-corrected chi connectivity index (χ4v) is 3.00. The zero-order valence-corrected chi connectivity index (χ0v) is 13.7. The average Bonchev–Trinajstić information content (AvgIpc) is 2.99. The summed E-state index contributed by atoms with van der Waals surface area (Å²) in [5.74, 6) is 1.55. The molecule has 1 aromatic rings. The second kappa shape index (κ2) is 7.17. The van der Waals surface area contributed by atoms with Gasteiger partial charge in [-0.05, 0) is 32.3 Å². The van der Waals surface area contributed by atoms with Crippen LogP contribution < -0.4 is 10.1 Å². The maximum absolute atomic E-state index is 10.2. The maximum atomic E-state index is 10.2. The third-order valence-corrected chi connectivity index (χ3v) is 4.51. The van der Waals surface area contributed by atoms with Gasteiger partial charge in [-0.15, -0.1) is 0 Å². The molecule has 2 heterocycles. The summed E-state index contributed by atoms with van der Waals surface area (Å²) in [5.41, 5.74) is -0.579. The number of pyridine rings is 1. The topological polar surface area (TPSA) is 70.0 Å². The van der Waals surface area contributed by atoms with Crippen LogP contribution in [0.2, 0.25) is 0 Å². The van der Waals surface area contributed by atoms with E-state index in [9.17, 15) is 5.11 Å². The van der Waals surface area contributed by atoms with Crippen molar-refractivity contribution >= 4 is 5.96 Å². The molecule has 0 aromatic carbocycles. The summed E-state index contributed by atoms with van der Waals surface area (Å²) in [6, 6.07) is 5.70. The molecule has 6 nitrogen and oxygen atoms in total. The first kappa shape index (κ1) is 16.1. The first-order valence-electron chi connectivity index (χ1n) is 8.52. The lowest BCUT2D eigenvalue weighted by molar-refractivity contribution is -0.0237. The maximum Gasteiger partial charge on any atom is 0.213 e. The van der Waals surface area contributed by atoms with Crippen LogP contribution in [0.5, 0.6) is 5.88 Å². The van der Waals surface area contributed by atoms with Crippen LogP contribution in [0.15, 0.2) is 29.4 Å². The summed E-state index contributed by atoms with van der Waals surface area (Å²) < 4.78 is 5.93. The van der Waals surface area contributed by atoms with Gasteiger partial charge in [0.2, 0.25) is 5.88 Å². The summed E-state index contributed by atoms with van der Waals surface area (Å²) in [6.07, 6.45) is 5.65. The van der Waals surface area contributed by atoms with E-state index in [-0.39, 0.29) is 6.10 Å². The average molecular weight is 318 g/mol. The van der Waals surface area contributed by atoms with Crippen molar-refractivity contribution in [2.24, 2.45) is 4.99 Å². The van der Waals surface area contributed by atoms with Crippen LogP contribution in [0.25, 0.3) is 0 Å². The molecule has 1 saturated heterocycles. The van der Waals surface area contributed by atoms with Gasteiger partial charge in [0.25, 0.3) is 0 Å². The largest absolute Gasteiger partial charge is 0.472 e. The Morgan fingerprint density at radius 2 is 2.39 bits per heavy atom. The van der Waals surface area contributed by atoms with Gasteiger partial charge in [-0.2, -0.15) is 0 Å². The van der Waals surface area contributed by atoms with Crippen molar-refractivity contribution in [3.63, 3.8) is 0 Å². The van der Waals surface area contributed by atoms with E-state index in [1.807, 2.05) is 18.2 Å². The highest BCUT2D eigenvalue weighted by molar-refractivity contribution is 5.80. The summed E-state index contributed by atoms with van der Waals surface area (Å²) in [4.78, 5) is 11.1. The van der Waals surface area contributed by atoms with E-state index in [0.29, 0.717) is 12.4 Å². The molecule has 1 aliphatic carbocycles. The van der Waals surface area contributed by atoms with Crippen molar-refractivity contribution in [1.82, 2.24) is 15.2 Å². The van der Waals surface area contributed by atoms with Crippen molar-refractivity contribution in [1.29, 1.82) is 0 Å². The lowest BCUT2D eigenvalue weighted by Gasteiger charge is -2.35. The first-order valence-corrected chi connectivity index (χ1v) is 8.52. The quantitative estimate of drug-likeness (QED) is 0.635. The van der Waals surface area contributed by atoms with E-state index in [4.69, 9.17) is 4.74 Å². The van der Waals surface area contributed by atoms with Gasteiger partial charge < -0.3 is 20.1 Å². The highest BCUT2D eigenvalue weighted by atomic mass is 16.5. The molecule has 1 unspecified atom stereocenters. The van der Waals surface area contributed by atoms with Crippen molar-refractivity contribution in [3.8, 4) is 5.88 Å². The molecule has 2 fully saturated rings. The van der Waals surface area contributed by atoms with Gasteiger partial charge in [0.1, 0.15) is 6.10 Å². The molecular weight excluding hydrogens is 292 g/mol. The molecule has 1 aliphatic heterocycles. The van der Waals surface area contributed by atoms with Crippen molar-refractivity contribution in [3.05, 3.63) is 24.4 Å². The van der Waals surface area contributed by atoms with Gasteiger partial charge in [-0.25, -0.2) is 4.98 Å². The van der Waals surface area contributed by atoms with E-state index in [0.717, 1.165) is 51.3 Å². The lowest BCUT2D eigenvalue weighted by atomic mass is 9.80. The monoisotopic (exact) mass is 318 g/mol. The van der Waals surface area contributed by atoms with Gasteiger partial charge in [0.05, 0.1) is 18.7 Å². The molecule has 23 heavy (non-hydrogen) atoms. The Bertz CT molecular complexity index is 531. The highest BCUT2D eigenvalue weighted by Crippen LogP contribution is 2.31. The normalized spacial score (nSPS) is 23.5. The van der Waals surface area contributed by atoms with Crippen molar-refractivity contribution in [2.45, 2.75) is 44.3 Å². The third-order valence-electron chi connectivity index (χ3n) is 4.51. The minimum atomic E-state index is -0.579. The van der Waals surface area contributed by atoms with Crippen molar-refractivity contribution < 1.29 is 9.84 Å². The Kier molecular flexibility index (Phi) is 5.00. The number of nitrogens with zero attached hydrogens (tertiary/aromatic N) is 3. The van der Waals surface area contributed by atoms with E-state index in [1.54, 1.807) is 6.20 Å². The first-order chi connectivity index (χ1) is 11.2. The molecule has 1 aromatic heterocycles. The number of hydrogen-bond acceptors (Lipinski definition) is 4. The Hall–Kier alpha value is -1.82. The number of hydrogen-bond donors (Lipinski definition) is 2. The molecule has 0 spiro atoms. The van der Waals surface area contributed by atoms with Crippen LogP contribution in [0, 0.1) is 0 Å². The Morgan fingerprint density at radius 1 is 1.52 bits per heavy atom. The van der Waals surface area contributed by atoms with Gasteiger partial charge >= 0.3 is 0 Å². The Morgan fingerprint density at radius 3 is 3.04 bits per heavy atom.